The van der Waals surface area contributed by atoms with Gasteiger partial charge in [-0.25, -0.2) is 0 Å². The molecule has 6 atom stereocenters. The molecular weight excluding hydrogens is 909 g/mol. The SMILES string of the molecule is COc1cccc2[nH]c(C(=O)N[C@@H](Cc3cccnc3)C(=O)N[C@@H](C[C@@H]3CCCC3=O)C(N)=O)cc12.COc1cccc2[nH]c(C(=O)N[C@@H](Cc3cccnc3)C(=O)N[C@H](C#N)C[C@@H]3CCCC3=O)cc12. The zero-order chi connectivity index (χ0) is 50.4. The summed E-state index contributed by atoms with van der Waals surface area (Å²) in [5.74, 6) is -1.84. The first kappa shape index (κ1) is 50.5. The van der Waals surface area contributed by atoms with E-state index in [0.717, 1.165) is 46.7 Å². The van der Waals surface area contributed by atoms with Crippen molar-refractivity contribution in [3.8, 4) is 17.6 Å². The van der Waals surface area contributed by atoms with Crippen molar-refractivity contribution in [2.75, 3.05) is 14.2 Å². The molecule has 6 aromatic rings. The lowest BCUT2D eigenvalue weighted by Gasteiger charge is -2.23. The number of aromatic nitrogens is 4. The van der Waals surface area contributed by atoms with Crippen molar-refractivity contribution in [3.63, 3.8) is 0 Å². The van der Waals surface area contributed by atoms with Crippen molar-refractivity contribution in [3.05, 3.63) is 120 Å². The highest BCUT2D eigenvalue weighted by Crippen LogP contribution is 2.29. The van der Waals surface area contributed by atoms with Crippen LogP contribution in [0.3, 0.4) is 0 Å². The fourth-order valence-electron chi connectivity index (χ4n) is 9.03. The van der Waals surface area contributed by atoms with Gasteiger partial charge in [0.15, 0.2) is 0 Å². The molecule has 4 heterocycles. The quantitative estimate of drug-likeness (QED) is 0.0598. The molecule has 0 unspecified atom stereocenters. The topological polar surface area (TPSA) is 293 Å². The monoisotopic (exact) mass is 964 g/mol. The lowest BCUT2D eigenvalue weighted by Crippen LogP contribution is -2.54. The number of Topliss-reactive ketones (excluding diaryl/α,β-unsaturated/α-hetero) is 2. The standard InChI is InChI=1S/C26H29N5O5.C26H27N5O4/c1-36-23-9-3-7-18-17(23)13-21(29-18)26(35)31-20(11-15-5-4-10-28-14-15)25(34)30-19(24(27)33)12-16-6-2-8-22(16)32;1-35-24-9-3-7-20-19(24)13-22(30-20)26(34)31-21(11-16-5-4-10-28-15-16)25(33)29-18(14-27)12-17-6-2-8-23(17)32/h3-5,7,9-10,13-14,16,19-20,29H,2,6,8,11-12H2,1H3,(H2,27,33)(H,30,34)(H,31,35);3-5,7,9-10,13,15,17-18,21,30H,2,6,8,11-12H2,1H3,(H,29,33)(H,31,34)/t16-,19-,20-;17-,18-,21-/m00/s1. The number of aromatic amines is 2. The third-order valence-electron chi connectivity index (χ3n) is 12.8. The van der Waals surface area contributed by atoms with Gasteiger partial charge in [-0.05, 0) is 98.2 Å². The lowest BCUT2D eigenvalue weighted by atomic mass is 9.96. The Bertz CT molecular complexity index is 2930. The number of fused-ring (bicyclic) bond motifs is 2. The van der Waals surface area contributed by atoms with Crippen molar-refractivity contribution in [2.24, 2.45) is 17.6 Å². The van der Waals surface area contributed by atoms with E-state index in [4.69, 9.17) is 15.2 Å². The summed E-state index contributed by atoms with van der Waals surface area (Å²) >= 11 is 0. The Labute approximate surface area is 409 Å². The Morgan fingerprint density at radius 2 is 1.15 bits per heavy atom. The second-order valence-electron chi connectivity index (χ2n) is 17.6. The summed E-state index contributed by atoms with van der Waals surface area (Å²) in [6.45, 7) is 0. The van der Waals surface area contributed by atoms with E-state index in [1.807, 2.05) is 24.3 Å². The highest BCUT2D eigenvalue weighted by atomic mass is 16.5. The molecule has 19 nitrogen and oxygen atoms in total. The highest BCUT2D eigenvalue weighted by Gasteiger charge is 2.33. The van der Waals surface area contributed by atoms with Crippen LogP contribution >= 0.6 is 0 Å². The van der Waals surface area contributed by atoms with Crippen molar-refractivity contribution in [1.82, 2.24) is 41.2 Å². The van der Waals surface area contributed by atoms with Crippen LogP contribution in [0.5, 0.6) is 11.5 Å². The van der Waals surface area contributed by atoms with Gasteiger partial charge in [-0.1, -0.05) is 24.3 Å². The zero-order valence-corrected chi connectivity index (χ0v) is 39.4. The summed E-state index contributed by atoms with van der Waals surface area (Å²) in [5.41, 5.74) is 8.99. The van der Waals surface area contributed by atoms with Gasteiger partial charge >= 0.3 is 0 Å². The third-order valence-corrected chi connectivity index (χ3v) is 12.8. The van der Waals surface area contributed by atoms with E-state index < -0.39 is 53.7 Å². The maximum Gasteiger partial charge on any atom is 0.268 e. The predicted octanol–water partition coefficient (Wildman–Crippen LogP) is 4.32. The summed E-state index contributed by atoms with van der Waals surface area (Å²) in [6, 6.07) is 19.5. The first-order chi connectivity index (χ1) is 34.3. The average Bonchev–Trinajstić information content (AvgIpc) is 4.21. The molecule has 2 aliphatic carbocycles. The molecule has 368 valence electrons. The van der Waals surface area contributed by atoms with Crippen LogP contribution in [0.1, 0.15) is 83.5 Å². The minimum Gasteiger partial charge on any atom is -0.496 e. The van der Waals surface area contributed by atoms with Gasteiger partial charge in [-0.2, -0.15) is 5.26 Å². The van der Waals surface area contributed by atoms with Crippen molar-refractivity contribution in [1.29, 1.82) is 5.26 Å². The molecule has 8 rings (SSSR count). The normalized spacial score (nSPS) is 16.9. The number of benzene rings is 2. The number of carbonyl (C=O) groups is 7. The van der Waals surface area contributed by atoms with Crippen LogP contribution in [0, 0.1) is 23.2 Å². The predicted molar refractivity (Wildman–Crippen MR) is 261 cm³/mol. The number of methoxy groups -OCH3 is 2. The van der Waals surface area contributed by atoms with E-state index in [-0.39, 0.29) is 60.5 Å². The number of nitrogens with zero attached hydrogens (tertiary/aromatic N) is 3. The van der Waals surface area contributed by atoms with Crippen molar-refractivity contribution in [2.45, 2.75) is 88.4 Å². The number of primary amides is 1. The lowest BCUT2D eigenvalue weighted by molar-refractivity contribution is -0.129. The minimum absolute atomic E-state index is 0.0740. The molecule has 5 amide bonds. The fourth-order valence-corrected chi connectivity index (χ4v) is 9.03. The van der Waals surface area contributed by atoms with Gasteiger partial charge in [-0.15, -0.1) is 0 Å². The molecule has 8 N–H and O–H groups in total. The molecule has 0 spiro atoms. The van der Waals surface area contributed by atoms with Crippen molar-refractivity contribution >= 4 is 62.9 Å². The molecule has 2 aromatic carbocycles. The van der Waals surface area contributed by atoms with Gasteiger partial charge in [0.25, 0.3) is 11.8 Å². The first-order valence-electron chi connectivity index (χ1n) is 23.4. The molecule has 71 heavy (non-hydrogen) atoms. The van der Waals surface area contributed by atoms with Crippen LogP contribution in [0.4, 0.5) is 0 Å². The highest BCUT2D eigenvalue weighted by molar-refractivity contribution is 6.03. The molecule has 2 saturated carbocycles. The molecule has 0 radical (unpaired) electrons. The molecule has 19 heteroatoms. The summed E-state index contributed by atoms with van der Waals surface area (Å²) in [7, 11) is 3.10. The molecule has 2 aliphatic rings. The zero-order valence-electron chi connectivity index (χ0n) is 39.4. The number of pyridine rings is 2. The number of nitrogens with one attached hydrogen (secondary N) is 6. The summed E-state index contributed by atoms with van der Waals surface area (Å²) in [6.07, 6.45) is 11.2. The van der Waals surface area contributed by atoms with Gasteiger partial charge in [-0.3, -0.25) is 43.5 Å². The number of nitrogens with two attached hydrogens (primary N) is 1. The van der Waals surface area contributed by atoms with E-state index in [1.54, 1.807) is 87.5 Å². The second kappa shape index (κ2) is 23.7. The average molecular weight is 965 g/mol. The number of nitriles is 1. The number of carbonyl (C=O) groups excluding carboxylic acids is 7. The Kier molecular flexibility index (Phi) is 16.9. The number of H-pyrrole nitrogens is 2. The van der Waals surface area contributed by atoms with E-state index in [9.17, 15) is 38.8 Å². The maximum atomic E-state index is 13.3. The number of amides is 5. The number of ketones is 2. The fraction of sp³-hybridized carbons (Fsp3) is 0.346. The molecule has 0 aliphatic heterocycles. The Morgan fingerprint density at radius 3 is 1.56 bits per heavy atom. The van der Waals surface area contributed by atoms with Crippen LogP contribution in [-0.2, 0) is 36.8 Å². The molecule has 2 fully saturated rings. The van der Waals surface area contributed by atoms with Gasteiger partial charge < -0.3 is 46.4 Å². The summed E-state index contributed by atoms with van der Waals surface area (Å²) in [4.78, 5) is 103. The van der Waals surface area contributed by atoms with Crippen LogP contribution in [0.15, 0.2) is 97.6 Å². The molecule has 4 aromatic heterocycles. The van der Waals surface area contributed by atoms with E-state index in [2.05, 4.69) is 47.3 Å². The number of hydrogen-bond acceptors (Lipinski definition) is 12. The number of rotatable bonds is 19. The number of hydrogen-bond donors (Lipinski definition) is 7. The van der Waals surface area contributed by atoms with Crippen LogP contribution in [0.2, 0.25) is 0 Å². The van der Waals surface area contributed by atoms with E-state index in [1.165, 1.54) is 0 Å². The molecule has 0 bridgehead atoms. The number of ether oxygens (including phenoxy) is 2. The largest absolute Gasteiger partial charge is 0.496 e. The van der Waals surface area contributed by atoms with Crippen LogP contribution in [-0.4, -0.2) is 99.4 Å². The second-order valence-corrected chi connectivity index (χ2v) is 17.6. The van der Waals surface area contributed by atoms with Gasteiger partial charge in [0.2, 0.25) is 17.7 Å². The Balaban J connectivity index is 0.000000209. The van der Waals surface area contributed by atoms with E-state index in [0.29, 0.717) is 36.3 Å². The van der Waals surface area contributed by atoms with Gasteiger partial charge in [0, 0.05) is 84.1 Å². The minimum atomic E-state index is -1.02. The Morgan fingerprint density at radius 1 is 0.676 bits per heavy atom. The maximum absolute atomic E-state index is 13.3. The summed E-state index contributed by atoms with van der Waals surface area (Å²) < 4.78 is 10.7. The van der Waals surface area contributed by atoms with Crippen LogP contribution < -0.4 is 36.5 Å². The first-order valence-corrected chi connectivity index (χ1v) is 23.4. The van der Waals surface area contributed by atoms with Crippen LogP contribution in [0.25, 0.3) is 21.8 Å². The smallest absolute Gasteiger partial charge is 0.268 e. The molecular formula is C52H56N10O9. The Hall–Kier alpha value is -8.40. The summed E-state index contributed by atoms with van der Waals surface area (Å²) in [5, 5.41) is 22.0. The van der Waals surface area contributed by atoms with Crippen molar-refractivity contribution < 1.29 is 43.0 Å². The molecule has 0 saturated heterocycles. The van der Waals surface area contributed by atoms with E-state index >= 15 is 0 Å². The van der Waals surface area contributed by atoms with Gasteiger partial charge in [0.05, 0.1) is 20.3 Å². The third kappa shape index (κ3) is 13.0. The van der Waals surface area contributed by atoms with Gasteiger partial charge in [0.1, 0.15) is 58.6 Å².